The van der Waals surface area contributed by atoms with Crippen molar-refractivity contribution >= 4 is 5.91 Å². The van der Waals surface area contributed by atoms with E-state index in [9.17, 15) is 14.3 Å². The highest BCUT2D eigenvalue weighted by atomic mass is 19.1. The normalized spacial score (nSPS) is 13.4. The minimum atomic E-state index is -0.620. The van der Waals surface area contributed by atoms with Gasteiger partial charge in [-0.2, -0.15) is 0 Å². The molecule has 1 amide bonds. The van der Waals surface area contributed by atoms with E-state index >= 15 is 0 Å². The standard InChI is InChI=1S/C18H20FNO2/c1-13(15-9-5-6-10-16(15)19)18(22)20-12-11-17(21)14-7-3-2-4-8-14/h2-10,13,17,21H,11-12H2,1H3,(H,20,22). The summed E-state index contributed by atoms with van der Waals surface area (Å²) >= 11 is 0. The number of rotatable bonds is 6. The second-order valence-corrected chi connectivity index (χ2v) is 5.25. The van der Waals surface area contributed by atoms with Crippen LogP contribution in [0.3, 0.4) is 0 Å². The fourth-order valence-corrected chi connectivity index (χ4v) is 2.29. The van der Waals surface area contributed by atoms with E-state index in [2.05, 4.69) is 5.32 Å². The molecule has 0 aliphatic rings. The molecule has 4 heteroatoms. The number of halogens is 1. The summed E-state index contributed by atoms with van der Waals surface area (Å²) in [7, 11) is 0. The van der Waals surface area contributed by atoms with Crippen molar-refractivity contribution in [2.24, 2.45) is 0 Å². The summed E-state index contributed by atoms with van der Waals surface area (Å²) in [5.41, 5.74) is 1.20. The van der Waals surface area contributed by atoms with Crippen LogP contribution in [-0.2, 0) is 4.79 Å². The first-order valence-electron chi connectivity index (χ1n) is 7.34. The van der Waals surface area contributed by atoms with E-state index in [0.29, 0.717) is 18.5 Å². The van der Waals surface area contributed by atoms with E-state index in [4.69, 9.17) is 0 Å². The van der Waals surface area contributed by atoms with Gasteiger partial charge in [0.15, 0.2) is 0 Å². The van der Waals surface area contributed by atoms with Gasteiger partial charge in [-0.25, -0.2) is 4.39 Å². The first kappa shape index (κ1) is 16.2. The van der Waals surface area contributed by atoms with Crippen molar-refractivity contribution in [3.05, 3.63) is 71.5 Å². The molecule has 0 aliphatic carbocycles. The largest absolute Gasteiger partial charge is 0.388 e. The number of carbonyl (C=O) groups is 1. The number of aliphatic hydroxyl groups is 1. The second kappa shape index (κ2) is 7.71. The Morgan fingerprint density at radius 1 is 1.14 bits per heavy atom. The van der Waals surface area contributed by atoms with Crippen LogP contribution in [0.4, 0.5) is 4.39 Å². The van der Waals surface area contributed by atoms with Crippen LogP contribution in [0.5, 0.6) is 0 Å². The van der Waals surface area contributed by atoms with Gasteiger partial charge in [0.1, 0.15) is 5.82 Å². The van der Waals surface area contributed by atoms with Crippen LogP contribution >= 0.6 is 0 Å². The van der Waals surface area contributed by atoms with Gasteiger partial charge in [-0.1, -0.05) is 48.5 Å². The number of hydrogen-bond donors (Lipinski definition) is 2. The minimum Gasteiger partial charge on any atom is -0.388 e. The van der Waals surface area contributed by atoms with Gasteiger partial charge in [0.25, 0.3) is 0 Å². The van der Waals surface area contributed by atoms with Crippen LogP contribution in [0, 0.1) is 5.82 Å². The molecule has 2 atom stereocenters. The Labute approximate surface area is 129 Å². The van der Waals surface area contributed by atoms with Crippen LogP contribution in [0.15, 0.2) is 54.6 Å². The molecule has 2 rings (SSSR count). The average Bonchev–Trinajstić information content (AvgIpc) is 2.55. The fourth-order valence-electron chi connectivity index (χ4n) is 2.29. The summed E-state index contributed by atoms with van der Waals surface area (Å²) in [5.74, 6) is -1.19. The Morgan fingerprint density at radius 2 is 1.77 bits per heavy atom. The molecule has 2 aromatic carbocycles. The number of aliphatic hydroxyl groups excluding tert-OH is 1. The van der Waals surface area contributed by atoms with E-state index < -0.39 is 12.0 Å². The Balaban J connectivity index is 1.84. The molecule has 0 bridgehead atoms. The van der Waals surface area contributed by atoms with Crippen molar-refractivity contribution in [2.75, 3.05) is 6.54 Å². The molecule has 0 aromatic heterocycles. The first-order chi connectivity index (χ1) is 10.6. The van der Waals surface area contributed by atoms with E-state index in [1.54, 1.807) is 25.1 Å². The van der Waals surface area contributed by atoms with Gasteiger partial charge in [-0.3, -0.25) is 4.79 Å². The van der Waals surface area contributed by atoms with Gasteiger partial charge >= 0.3 is 0 Å². The van der Waals surface area contributed by atoms with Crippen molar-refractivity contribution in [1.82, 2.24) is 5.32 Å². The number of hydrogen-bond acceptors (Lipinski definition) is 2. The van der Waals surface area contributed by atoms with Crippen molar-refractivity contribution in [1.29, 1.82) is 0 Å². The van der Waals surface area contributed by atoms with Gasteiger partial charge in [-0.05, 0) is 30.5 Å². The highest BCUT2D eigenvalue weighted by molar-refractivity contribution is 5.83. The topological polar surface area (TPSA) is 49.3 Å². The molecule has 0 aliphatic heterocycles. The Kier molecular flexibility index (Phi) is 5.67. The summed E-state index contributed by atoms with van der Waals surface area (Å²) < 4.78 is 13.7. The number of benzene rings is 2. The molecule has 2 N–H and O–H groups in total. The molecule has 2 unspecified atom stereocenters. The highest BCUT2D eigenvalue weighted by Crippen LogP contribution is 2.19. The lowest BCUT2D eigenvalue weighted by molar-refractivity contribution is -0.122. The summed E-state index contributed by atoms with van der Waals surface area (Å²) in [6.45, 7) is 2.01. The molecule has 0 spiro atoms. The monoisotopic (exact) mass is 301 g/mol. The smallest absolute Gasteiger partial charge is 0.227 e. The van der Waals surface area contributed by atoms with Crippen molar-refractivity contribution in [2.45, 2.75) is 25.4 Å². The third-order valence-corrected chi connectivity index (χ3v) is 3.67. The Morgan fingerprint density at radius 3 is 2.45 bits per heavy atom. The van der Waals surface area contributed by atoms with E-state index in [1.165, 1.54) is 6.07 Å². The predicted octanol–water partition coefficient (Wildman–Crippen LogP) is 3.17. The van der Waals surface area contributed by atoms with E-state index in [-0.39, 0.29) is 11.7 Å². The molecule has 22 heavy (non-hydrogen) atoms. The molecule has 0 radical (unpaired) electrons. The molecule has 0 saturated heterocycles. The van der Waals surface area contributed by atoms with Crippen molar-refractivity contribution in [3.63, 3.8) is 0 Å². The molecular formula is C18H20FNO2. The molecular weight excluding hydrogens is 281 g/mol. The van der Waals surface area contributed by atoms with Crippen LogP contribution in [0.1, 0.15) is 36.5 Å². The summed E-state index contributed by atoms with van der Waals surface area (Å²) in [6.07, 6.45) is -0.204. The SMILES string of the molecule is CC(C(=O)NCCC(O)c1ccccc1)c1ccccc1F. The van der Waals surface area contributed by atoms with Crippen molar-refractivity contribution in [3.8, 4) is 0 Å². The Bertz CT molecular complexity index is 615. The number of nitrogens with one attached hydrogen (secondary N) is 1. The molecule has 3 nitrogen and oxygen atoms in total. The average molecular weight is 301 g/mol. The fraction of sp³-hybridized carbons (Fsp3) is 0.278. The van der Waals surface area contributed by atoms with Crippen LogP contribution in [0.2, 0.25) is 0 Å². The third-order valence-electron chi connectivity index (χ3n) is 3.67. The summed E-state index contributed by atoms with van der Waals surface area (Å²) in [5, 5.41) is 12.8. The first-order valence-corrected chi connectivity index (χ1v) is 7.34. The summed E-state index contributed by atoms with van der Waals surface area (Å²) in [6, 6.07) is 15.5. The second-order valence-electron chi connectivity index (χ2n) is 5.25. The van der Waals surface area contributed by atoms with Gasteiger partial charge in [0, 0.05) is 6.54 Å². The third kappa shape index (κ3) is 4.15. The quantitative estimate of drug-likeness (QED) is 0.861. The lowest BCUT2D eigenvalue weighted by atomic mass is 9.99. The molecule has 2 aromatic rings. The maximum atomic E-state index is 13.7. The summed E-state index contributed by atoms with van der Waals surface area (Å²) in [4.78, 5) is 12.1. The highest BCUT2D eigenvalue weighted by Gasteiger charge is 2.18. The van der Waals surface area contributed by atoms with E-state index in [1.807, 2.05) is 30.3 Å². The van der Waals surface area contributed by atoms with Gasteiger partial charge in [0.2, 0.25) is 5.91 Å². The number of carbonyl (C=O) groups excluding carboxylic acids is 1. The van der Waals surface area contributed by atoms with Gasteiger partial charge in [-0.15, -0.1) is 0 Å². The zero-order valence-electron chi connectivity index (χ0n) is 12.5. The molecule has 116 valence electrons. The lowest BCUT2D eigenvalue weighted by Gasteiger charge is -2.15. The zero-order valence-corrected chi connectivity index (χ0v) is 12.5. The van der Waals surface area contributed by atoms with E-state index in [0.717, 1.165) is 5.56 Å². The lowest BCUT2D eigenvalue weighted by Crippen LogP contribution is -2.30. The van der Waals surface area contributed by atoms with Crippen molar-refractivity contribution < 1.29 is 14.3 Å². The zero-order chi connectivity index (χ0) is 15.9. The van der Waals surface area contributed by atoms with Crippen LogP contribution in [0.25, 0.3) is 0 Å². The van der Waals surface area contributed by atoms with Gasteiger partial charge < -0.3 is 10.4 Å². The molecule has 0 fully saturated rings. The van der Waals surface area contributed by atoms with Crippen LogP contribution in [-0.4, -0.2) is 17.6 Å². The van der Waals surface area contributed by atoms with Crippen LogP contribution < -0.4 is 5.32 Å². The maximum absolute atomic E-state index is 13.7. The molecule has 0 saturated carbocycles. The predicted molar refractivity (Wildman–Crippen MR) is 83.8 cm³/mol. The number of amides is 1. The maximum Gasteiger partial charge on any atom is 0.227 e. The van der Waals surface area contributed by atoms with Gasteiger partial charge in [0.05, 0.1) is 12.0 Å². The Hall–Kier alpha value is -2.20. The minimum absolute atomic E-state index is 0.245. The molecule has 0 heterocycles.